The Labute approximate surface area is 141 Å². The van der Waals surface area contributed by atoms with Crippen molar-refractivity contribution in [3.05, 3.63) is 36.0 Å². The first-order valence-electron chi connectivity index (χ1n) is 8.56. The molecule has 1 aliphatic rings. The van der Waals surface area contributed by atoms with E-state index in [-0.39, 0.29) is 17.8 Å². The zero-order valence-electron chi connectivity index (χ0n) is 14.0. The maximum atomic E-state index is 13.3. The Morgan fingerprint density at radius 2 is 2.25 bits per heavy atom. The van der Waals surface area contributed by atoms with Crippen molar-refractivity contribution in [2.24, 2.45) is 5.41 Å². The van der Waals surface area contributed by atoms with E-state index in [0.29, 0.717) is 23.9 Å². The van der Waals surface area contributed by atoms with Crippen LogP contribution in [-0.2, 0) is 6.54 Å². The van der Waals surface area contributed by atoms with E-state index in [4.69, 9.17) is 4.42 Å². The van der Waals surface area contributed by atoms with Crippen LogP contribution in [0, 0.1) is 11.2 Å². The average molecular weight is 333 g/mol. The number of piperidine rings is 1. The second-order valence-electron chi connectivity index (χ2n) is 6.73. The first-order valence-corrected chi connectivity index (χ1v) is 8.56. The van der Waals surface area contributed by atoms with Crippen molar-refractivity contribution in [3.63, 3.8) is 0 Å². The summed E-state index contributed by atoms with van der Waals surface area (Å²) >= 11 is 0. The van der Waals surface area contributed by atoms with E-state index in [1.165, 1.54) is 12.1 Å². The largest absolute Gasteiger partial charge is 0.419 e. The van der Waals surface area contributed by atoms with Crippen LogP contribution in [0.1, 0.15) is 38.5 Å². The fourth-order valence-electron chi connectivity index (χ4n) is 3.63. The van der Waals surface area contributed by atoms with E-state index >= 15 is 0 Å². The molecule has 2 heterocycles. The van der Waals surface area contributed by atoms with Gasteiger partial charge in [0.15, 0.2) is 0 Å². The van der Waals surface area contributed by atoms with Crippen LogP contribution in [0.15, 0.2) is 28.7 Å². The van der Waals surface area contributed by atoms with Gasteiger partial charge >= 0.3 is 0 Å². The number of benzene rings is 1. The fraction of sp³-hybridized carbons (Fsp3) is 0.556. The SMILES string of the molecule is CCC[C@]1(CO)CCCN(Cc2nnc(-c3cccc(F)c3)o2)C1. The molecule has 0 radical (unpaired) electrons. The lowest BCUT2D eigenvalue weighted by Gasteiger charge is -2.41. The van der Waals surface area contributed by atoms with Crippen molar-refractivity contribution < 1.29 is 13.9 Å². The minimum absolute atomic E-state index is 0.0155. The van der Waals surface area contributed by atoms with Crippen molar-refractivity contribution >= 4 is 0 Å². The van der Waals surface area contributed by atoms with E-state index in [2.05, 4.69) is 22.0 Å². The highest BCUT2D eigenvalue weighted by Crippen LogP contribution is 2.34. The molecule has 2 aromatic rings. The zero-order chi connectivity index (χ0) is 17.0. The molecule has 1 N–H and O–H groups in total. The quantitative estimate of drug-likeness (QED) is 0.879. The molecule has 5 nitrogen and oxygen atoms in total. The third kappa shape index (κ3) is 3.82. The second-order valence-corrected chi connectivity index (χ2v) is 6.73. The van der Waals surface area contributed by atoms with Crippen molar-refractivity contribution in [2.75, 3.05) is 19.7 Å². The number of hydrogen-bond donors (Lipinski definition) is 1. The highest BCUT2D eigenvalue weighted by atomic mass is 19.1. The number of nitrogens with zero attached hydrogens (tertiary/aromatic N) is 3. The fourth-order valence-corrected chi connectivity index (χ4v) is 3.63. The van der Waals surface area contributed by atoms with E-state index < -0.39 is 0 Å². The van der Waals surface area contributed by atoms with Gasteiger partial charge in [0.1, 0.15) is 5.82 Å². The zero-order valence-corrected chi connectivity index (χ0v) is 14.0. The Morgan fingerprint density at radius 3 is 3.00 bits per heavy atom. The molecule has 0 bridgehead atoms. The minimum Gasteiger partial charge on any atom is -0.419 e. The van der Waals surface area contributed by atoms with Crippen molar-refractivity contribution in [3.8, 4) is 11.5 Å². The molecule has 130 valence electrons. The summed E-state index contributed by atoms with van der Waals surface area (Å²) in [6, 6.07) is 6.14. The summed E-state index contributed by atoms with van der Waals surface area (Å²) in [7, 11) is 0. The molecular formula is C18H24FN3O2. The Balaban J connectivity index is 1.68. The smallest absolute Gasteiger partial charge is 0.247 e. The second kappa shape index (κ2) is 7.40. The van der Waals surface area contributed by atoms with Crippen molar-refractivity contribution in [1.82, 2.24) is 15.1 Å². The third-order valence-electron chi connectivity index (χ3n) is 4.75. The van der Waals surface area contributed by atoms with E-state index in [1.807, 2.05) is 0 Å². The molecular weight excluding hydrogens is 309 g/mol. The first kappa shape index (κ1) is 17.0. The summed E-state index contributed by atoms with van der Waals surface area (Å²) in [5.41, 5.74) is 0.571. The summed E-state index contributed by atoms with van der Waals surface area (Å²) in [6.07, 6.45) is 4.22. The van der Waals surface area contributed by atoms with Crippen LogP contribution < -0.4 is 0 Å². The van der Waals surface area contributed by atoms with Gasteiger partial charge in [-0.05, 0) is 44.0 Å². The minimum atomic E-state index is -0.324. The van der Waals surface area contributed by atoms with Crippen LogP contribution in [-0.4, -0.2) is 39.9 Å². The monoisotopic (exact) mass is 333 g/mol. The molecule has 24 heavy (non-hydrogen) atoms. The molecule has 1 fully saturated rings. The Morgan fingerprint density at radius 1 is 1.38 bits per heavy atom. The highest BCUT2D eigenvalue weighted by molar-refractivity contribution is 5.52. The Hall–Kier alpha value is -1.79. The van der Waals surface area contributed by atoms with Gasteiger partial charge in [0.2, 0.25) is 11.8 Å². The van der Waals surface area contributed by atoms with Gasteiger partial charge in [-0.15, -0.1) is 10.2 Å². The number of aliphatic hydroxyl groups is 1. The third-order valence-corrected chi connectivity index (χ3v) is 4.75. The molecule has 0 spiro atoms. The summed E-state index contributed by atoms with van der Waals surface area (Å²) in [4.78, 5) is 2.26. The van der Waals surface area contributed by atoms with Gasteiger partial charge in [-0.2, -0.15) is 0 Å². The molecule has 0 unspecified atom stereocenters. The molecule has 0 saturated carbocycles. The molecule has 1 saturated heterocycles. The van der Waals surface area contributed by atoms with Gasteiger partial charge in [0.25, 0.3) is 0 Å². The van der Waals surface area contributed by atoms with Crippen molar-refractivity contribution in [1.29, 1.82) is 0 Å². The van der Waals surface area contributed by atoms with E-state index in [9.17, 15) is 9.50 Å². The summed E-state index contributed by atoms with van der Waals surface area (Å²) in [5, 5.41) is 17.9. The summed E-state index contributed by atoms with van der Waals surface area (Å²) in [6.45, 7) is 4.74. The van der Waals surface area contributed by atoms with Crippen LogP contribution in [0.3, 0.4) is 0 Å². The van der Waals surface area contributed by atoms with E-state index in [1.54, 1.807) is 12.1 Å². The van der Waals surface area contributed by atoms with Crippen LogP contribution in [0.4, 0.5) is 4.39 Å². The molecule has 1 aromatic carbocycles. The maximum Gasteiger partial charge on any atom is 0.247 e. The van der Waals surface area contributed by atoms with Gasteiger partial charge in [-0.25, -0.2) is 4.39 Å². The Bertz CT molecular complexity index is 672. The highest BCUT2D eigenvalue weighted by Gasteiger charge is 2.34. The number of halogens is 1. The number of aliphatic hydroxyl groups excluding tert-OH is 1. The number of aromatic nitrogens is 2. The first-order chi connectivity index (χ1) is 11.6. The van der Waals surface area contributed by atoms with Crippen LogP contribution >= 0.6 is 0 Å². The molecule has 1 aliphatic heterocycles. The number of rotatable bonds is 6. The molecule has 1 atom stereocenters. The van der Waals surface area contributed by atoms with Crippen molar-refractivity contribution in [2.45, 2.75) is 39.2 Å². The predicted octanol–water partition coefficient (Wildman–Crippen LogP) is 3.25. The van der Waals surface area contributed by atoms with Crippen LogP contribution in [0.2, 0.25) is 0 Å². The predicted molar refractivity (Wildman–Crippen MR) is 88.6 cm³/mol. The number of hydrogen-bond acceptors (Lipinski definition) is 5. The average Bonchev–Trinajstić information content (AvgIpc) is 3.04. The Kier molecular flexibility index (Phi) is 5.26. The van der Waals surface area contributed by atoms with Crippen LogP contribution in [0.5, 0.6) is 0 Å². The summed E-state index contributed by atoms with van der Waals surface area (Å²) < 4.78 is 19.0. The van der Waals surface area contributed by atoms with Gasteiger partial charge in [-0.3, -0.25) is 4.90 Å². The molecule has 0 amide bonds. The van der Waals surface area contributed by atoms with Gasteiger partial charge in [0, 0.05) is 24.1 Å². The molecule has 0 aliphatic carbocycles. The summed E-state index contributed by atoms with van der Waals surface area (Å²) in [5.74, 6) is 0.540. The van der Waals surface area contributed by atoms with Gasteiger partial charge in [-0.1, -0.05) is 19.4 Å². The molecule has 1 aromatic heterocycles. The van der Waals surface area contributed by atoms with E-state index in [0.717, 1.165) is 38.8 Å². The lowest BCUT2D eigenvalue weighted by atomic mass is 9.77. The lowest BCUT2D eigenvalue weighted by molar-refractivity contribution is 0.0185. The lowest BCUT2D eigenvalue weighted by Crippen LogP contribution is -2.44. The normalized spacial score (nSPS) is 22.0. The standard InChI is InChI=1S/C18H24FN3O2/c1-2-7-18(13-23)8-4-9-22(12-18)11-16-20-21-17(24-16)14-5-3-6-15(19)10-14/h3,5-6,10,23H,2,4,7-9,11-13H2,1H3/t18-/m0/s1. The van der Waals surface area contributed by atoms with Crippen LogP contribution in [0.25, 0.3) is 11.5 Å². The maximum absolute atomic E-state index is 13.3. The molecule has 6 heteroatoms. The topological polar surface area (TPSA) is 62.4 Å². The molecule has 3 rings (SSSR count). The van der Waals surface area contributed by atoms with Gasteiger partial charge < -0.3 is 9.52 Å². The number of likely N-dealkylation sites (tertiary alicyclic amines) is 1. The van der Waals surface area contributed by atoms with Gasteiger partial charge in [0.05, 0.1) is 6.54 Å².